The van der Waals surface area contributed by atoms with Crippen LogP contribution in [0, 0.1) is 5.92 Å². The largest absolute Gasteiger partial charge is 0.481 e. The lowest BCUT2D eigenvalue weighted by Crippen LogP contribution is -2.61. The first-order valence-electron chi connectivity index (χ1n) is 5.89. The topological polar surface area (TPSA) is 70.1 Å². The molecule has 1 N–H and O–H groups in total. The van der Waals surface area contributed by atoms with Crippen molar-refractivity contribution in [2.24, 2.45) is 5.92 Å². The van der Waals surface area contributed by atoms with Crippen molar-refractivity contribution in [3.05, 3.63) is 0 Å². The Morgan fingerprint density at radius 3 is 2.47 bits per heavy atom. The Labute approximate surface area is 100 Å². The molecule has 0 aromatic rings. The van der Waals surface area contributed by atoms with Crippen LogP contribution in [0.5, 0.6) is 0 Å². The quantitative estimate of drug-likeness (QED) is 0.714. The zero-order chi connectivity index (χ0) is 12.6. The molecule has 2 saturated heterocycles. The van der Waals surface area contributed by atoms with Crippen LogP contribution in [-0.4, -0.2) is 65.3 Å². The van der Waals surface area contributed by atoms with Crippen molar-refractivity contribution in [1.29, 1.82) is 0 Å². The zero-order valence-corrected chi connectivity index (χ0v) is 10.1. The van der Waals surface area contributed by atoms with Gasteiger partial charge in [0.25, 0.3) is 0 Å². The Kier molecular flexibility index (Phi) is 3.24. The lowest BCUT2D eigenvalue weighted by Gasteiger charge is -2.44. The highest BCUT2D eigenvalue weighted by molar-refractivity contribution is 5.80. The van der Waals surface area contributed by atoms with Gasteiger partial charge in [0.2, 0.25) is 0 Å². The second-order valence-electron chi connectivity index (χ2n) is 4.87. The molecule has 2 aliphatic rings. The number of nitrogens with zero attached hydrogens (tertiary/aromatic N) is 2. The van der Waals surface area contributed by atoms with Crippen molar-refractivity contribution in [1.82, 2.24) is 9.80 Å². The molecule has 0 aliphatic carbocycles. The molecule has 0 spiro atoms. The number of amides is 2. The van der Waals surface area contributed by atoms with Crippen molar-refractivity contribution in [3.8, 4) is 0 Å². The number of aliphatic carboxylic acids is 1. The predicted octanol–water partition coefficient (Wildman–Crippen LogP) is 0.232. The molecule has 6 heteroatoms. The van der Waals surface area contributed by atoms with Crippen molar-refractivity contribution < 1.29 is 19.4 Å². The van der Waals surface area contributed by atoms with Crippen molar-refractivity contribution >= 4 is 12.0 Å². The van der Waals surface area contributed by atoms with E-state index in [2.05, 4.69) is 0 Å². The highest BCUT2D eigenvalue weighted by Crippen LogP contribution is 2.21. The fourth-order valence-electron chi connectivity index (χ4n) is 2.14. The molecule has 0 saturated carbocycles. The summed E-state index contributed by atoms with van der Waals surface area (Å²) in [6.45, 7) is 5.65. The lowest BCUT2D eigenvalue weighted by atomic mass is 10.0. The Bertz CT molecular complexity index is 327. The van der Waals surface area contributed by atoms with Crippen LogP contribution in [-0.2, 0) is 9.53 Å². The molecule has 2 heterocycles. The summed E-state index contributed by atoms with van der Waals surface area (Å²) >= 11 is 0. The summed E-state index contributed by atoms with van der Waals surface area (Å²) in [5.74, 6) is -1.22. The average Bonchev–Trinajstić information content (AvgIpc) is 2.18. The molecule has 2 atom stereocenters. The molecule has 17 heavy (non-hydrogen) atoms. The van der Waals surface area contributed by atoms with Gasteiger partial charge < -0.3 is 19.6 Å². The summed E-state index contributed by atoms with van der Waals surface area (Å²) in [5.41, 5.74) is 0. The van der Waals surface area contributed by atoms with Crippen LogP contribution in [0.2, 0.25) is 0 Å². The van der Waals surface area contributed by atoms with Gasteiger partial charge in [-0.3, -0.25) is 4.79 Å². The van der Waals surface area contributed by atoms with E-state index in [4.69, 9.17) is 9.84 Å². The molecule has 0 bridgehead atoms. The third-order valence-electron chi connectivity index (χ3n) is 3.35. The van der Waals surface area contributed by atoms with Gasteiger partial charge in [0.05, 0.1) is 24.7 Å². The van der Waals surface area contributed by atoms with Crippen molar-refractivity contribution in [3.63, 3.8) is 0 Å². The normalized spacial score (nSPS) is 30.0. The van der Waals surface area contributed by atoms with Gasteiger partial charge in [0.15, 0.2) is 0 Å². The first-order chi connectivity index (χ1) is 7.99. The first kappa shape index (κ1) is 12.2. The third kappa shape index (κ3) is 2.36. The molecule has 6 nitrogen and oxygen atoms in total. The lowest BCUT2D eigenvalue weighted by molar-refractivity contribution is -0.146. The number of carbonyl (C=O) groups excluding carboxylic acids is 1. The van der Waals surface area contributed by atoms with Gasteiger partial charge in [-0.1, -0.05) is 0 Å². The zero-order valence-electron chi connectivity index (χ0n) is 10.1. The Hall–Kier alpha value is -1.30. The maximum Gasteiger partial charge on any atom is 0.320 e. The average molecular weight is 242 g/mol. The molecule has 0 radical (unpaired) electrons. The van der Waals surface area contributed by atoms with Crippen LogP contribution in [0.4, 0.5) is 4.79 Å². The molecule has 2 aliphatic heterocycles. The van der Waals surface area contributed by atoms with Gasteiger partial charge in [0.1, 0.15) is 0 Å². The molecule has 2 fully saturated rings. The molecule has 2 amide bonds. The Morgan fingerprint density at radius 1 is 1.24 bits per heavy atom. The first-order valence-corrected chi connectivity index (χ1v) is 5.89. The number of carbonyl (C=O) groups is 2. The predicted molar refractivity (Wildman–Crippen MR) is 59.7 cm³/mol. The van der Waals surface area contributed by atoms with E-state index in [1.165, 1.54) is 0 Å². The summed E-state index contributed by atoms with van der Waals surface area (Å²) in [6.07, 6.45) is 0.0479. The number of hydrogen-bond donors (Lipinski definition) is 1. The van der Waals surface area contributed by atoms with Crippen LogP contribution >= 0.6 is 0 Å². The molecular weight excluding hydrogens is 224 g/mol. The monoisotopic (exact) mass is 242 g/mol. The smallest absolute Gasteiger partial charge is 0.320 e. The number of carboxylic acid groups (broad SMARTS) is 1. The van der Waals surface area contributed by atoms with Crippen LogP contribution in [0.25, 0.3) is 0 Å². The van der Waals surface area contributed by atoms with Crippen LogP contribution < -0.4 is 0 Å². The SMILES string of the molecule is CC1CN(C(=O)N2CC(C(=O)O)C2)C(C)CO1. The van der Waals surface area contributed by atoms with Crippen molar-refractivity contribution in [2.45, 2.75) is 26.0 Å². The maximum atomic E-state index is 12.1. The van der Waals surface area contributed by atoms with Crippen molar-refractivity contribution in [2.75, 3.05) is 26.2 Å². The van der Waals surface area contributed by atoms with Gasteiger partial charge in [0, 0.05) is 19.6 Å². The number of morpholine rings is 1. The summed E-state index contributed by atoms with van der Waals surface area (Å²) in [6, 6.07) is -0.00673. The summed E-state index contributed by atoms with van der Waals surface area (Å²) in [4.78, 5) is 26.1. The van der Waals surface area contributed by atoms with Crippen LogP contribution in [0.1, 0.15) is 13.8 Å². The minimum absolute atomic E-state index is 0.0479. The molecule has 0 aromatic carbocycles. The second-order valence-corrected chi connectivity index (χ2v) is 4.87. The van der Waals surface area contributed by atoms with E-state index in [0.29, 0.717) is 26.2 Å². The Balaban J connectivity index is 1.90. The fourth-order valence-corrected chi connectivity index (χ4v) is 2.14. The van der Waals surface area contributed by atoms with E-state index < -0.39 is 11.9 Å². The van der Waals surface area contributed by atoms with E-state index >= 15 is 0 Å². The number of rotatable bonds is 1. The third-order valence-corrected chi connectivity index (χ3v) is 3.35. The summed E-state index contributed by atoms with van der Waals surface area (Å²) in [7, 11) is 0. The standard InChI is InChI=1S/C11H18N2O4/c1-7-6-17-8(2)3-13(7)11(16)12-4-9(5-12)10(14)15/h7-9H,3-6H2,1-2H3,(H,14,15). The second kappa shape index (κ2) is 4.52. The number of carboxylic acids is 1. The fraction of sp³-hybridized carbons (Fsp3) is 0.818. The van der Waals surface area contributed by atoms with Crippen LogP contribution in [0.3, 0.4) is 0 Å². The number of hydrogen-bond acceptors (Lipinski definition) is 3. The number of urea groups is 1. The van der Waals surface area contributed by atoms with E-state index in [1.807, 2.05) is 13.8 Å². The molecule has 0 aromatic heterocycles. The van der Waals surface area contributed by atoms with Gasteiger partial charge in [-0.05, 0) is 13.8 Å². The van der Waals surface area contributed by atoms with E-state index in [-0.39, 0.29) is 18.2 Å². The molecule has 2 unspecified atom stereocenters. The highest BCUT2D eigenvalue weighted by Gasteiger charge is 2.39. The van der Waals surface area contributed by atoms with Gasteiger partial charge in [-0.25, -0.2) is 4.79 Å². The number of ether oxygens (including phenoxy) is 1. The van der Waals surface area contributed by atoms with E-state index in [0.717, 1.165) is 0 Å². The highest BCUT2D eigenvalue weighted by atomic mass is 16.5. The van der Waals surface area contributed by atoms with E-state index in [9.17, 15) is 9.59 Å². The van der Waals surface area contributed by atoms with E-state index in [1.54, 1.807) is 9.80 Å². The Morgan fingerprint density at radius 2 is 1.88 bits per heavy atom. The summed E-state index contributed by atoms with van der Waals surface area (Å²) in [5, 5.41) is 8.77. The molecule has 2 rings (SSSR count). The number of likely N-dealkylation sites (tertiary alicyclic amines) is 1. The minimum Gasteiger partial charge on any atom is -0.481 e. The summed E-state index contributed by atoms with van der Waals surface area (Å²) < 4.78 is 5.45. The van der Waals surface area contributed by atoms with Gasteiger partial charge >= 0.3 is 12.0 Å². The van der Waals surface area contributed by atoms with Crippen LogP contribution in [0.15, 0.2) is 0 Å². The maximum absolute atomic E-state index is 12.1. The molecule has 96 valence electrons. The minimum atomic E-state index is -0.822. The van der Waals surface area contributed by atoms with Gasteiger partial charge in [-0.15, -0.1) is 0 Å². The van der Waals surface area contributed by atoms with Gasteiger partial charge in [-0.2, -0.15) is 0 Å². The molecular formula is C11H18N2O4.